The van der Waals surface area contributed by atoms with Crippen LogP contribution in [0.2, 0.25) is 0 Å². The van der Waals surface area contributed by atoms with Gasteiger partial charge in [0.15, 0.2) is 11.5 Å². The summed E-state index contributed by atoms with van der Waals surface area (Å²) >= 11 is 0. The standard InChI is InChI=1S/C17H28N2O4/c1-6-19(11-17(20)18-13(2)12-21-3)10-14-7-8-15(22-4)16(9-14)23-5/h7-9,13H,6,10-12H2,1-5H3,(H,18,20). The van der Waals surface area contributed by atoms with Gasteiger partial charge in [0.1, 0.15) is 0 Å². The average Bonchev–Trinajstić information content (AvgIpc) is 2.54. The molecule has 130 valence electrons. The zero-order valence-electron chi connectivity index (χ0n) is 14.7. The number of hydrogen-bond donors (Lipinski definition) is 1. The Labute approximate surface area is 138 Å². The Morgan fingerprint density at radius 1 is 1.22 bits per heavy atom. The summed E-state index contributed by atoms with van der Waals surface area (Å²) in [6.07, 6.45) is 0. The maximum Gasteiger partial charge on any atom is 0.234 e. The third-order valence-electron chi connectivity index (χ3n) is 3.49. The Bertz CT molecular complexity index is 493. The van der Waals surface area contributed by atoms with Crippen molar-refractivity contribution in [2.45, 2.75) is 26.4 Å². The molecule has 6 nitrogen and oxygen atoms in total. The van der Waals surface area contributed by atoms with Crippen molar-refractivity contribution in [3.63, 3.8) is 0 Å². The number of amides is 1. The predicted molar refractivity (Wildman–Crippen MR) is 90.0 cm³/mol. The van der Waals surface area contributed by atoms with Gasteiger partial charge in [-0.3, -0.25) is 9.69 Å². The van der Waals surface area contributed by atoms with Gasteiger partial charge in [-0.2, -0.15) is 0 Å². The monoisotopic (exact) mass is 324 g/mol. The van der Waals surface area contributed by atoms with Gasteiger partial charge in [-0.05, 0) is 31.2 Å². The van der Waals surface area contributed by atoms with Crippen molar-refractivity contribution >= 4 is 5.91 Å². The van der Waals surface area contributed by atoms with Crippen molar-refractivity contribution in [3.05, 3.63) is 23.8 Å². The molecule has 1 rings (SSSR count). The van der Waals surface area contributed by atoms with Crippen LogP contribution in [0.4, 0.5) is 0 Å². The predicted octanol–water partition coefficient (Wildman–Crippen LogP) is 1.68. The lowest BCUT2D eigenvalue weighted by Crippen LogP contribution is -2.42. The van der Waals surface area contributed by atoms with E-state index in [0.717, 1.165) is 12.1 Å². The van der Waals surface area contributed by atoms with E-state index in [1.54, 1.807) is 21.3 Å². The van der Waals surface area contributed by atoms with Crippen molar-refractivity contribution in [1.29, 1.82) is 0 Å². The van der Waals surface area contributed by atoms with E-state index in [9.17, 15) is 4.79 Å². The summed E-state index contributed by atoms with van der Waals surface area (Å²) in [6.45, 7) is 6.26. The summed E-state index contributed by atoms with van der Waals surface area (Å²) in [5.74, 6) is 1.39. The topological polar surface area (TPSA) is 60.0 Å². The second kappa shape index (κ2) is 10.1. The largest absolute Gasteiger partial charge is 0.493 e. The van der Waals surface area contributed by atoms with Crippen molar-refractivity contribution in [2.24, 2.45) is 0 Å². The Morgan fingerprint density at radius 3 is 2.48 bits per heavy atom. The van der Waals surface area contributed by atoms with Gasteiger partial charge >= 0.3 is 0 Å². The highest BCUT2D eigenvalue weighted by molar-refractivity contribution is 5.78. The van der Waals surface area contributed by atoms with Crippen molar-refractivity contribution in [2.75, 3.05) is 41.0 Å². The number of methoxy groups -OCH3 is 3. The normalized spacial score (nSPS) is 12.1. The summed E-state index contributed by atoms with van der Waals surface area (Å²) in [7, 11) is 4.85. The Morgan fingerprint density at radius 2 is 1.91 bits per heavy atom. The van der Waals surface area contributed by atoms with Gasteiger partial charge in [0.25, 0.3) is 0 Å². The van der Waals surface area contributed by atoms with Gasteiger partial charge in [-0.25, -0.2) is 0 Å². The van der Waals surface area contributed by atoms with Gasteiger partial charge in [0, 0.05) is 19.7 Å². The lowest BCUT2D eigenvalue weighted by atomic mass is 10.2. The molecule has 6 heteroatoms. The van der Waals surface area contributed by atoms with Crippen LogP contribution in [0.25, 0.3) is 0 Å². The number of hydrogen-bond acceptors (Lipinski definition) is 5. The van der Waals surface area contributed by atoms with Gasteiger partial charge in [-0.1, -0.05) is 13.0 Å². The van der Waals surface area contributed by atoms with Crippen LogP contribution < -0.4 is 14.8 Å². The third kappa shape index (κ3) is 6.46. The highest BCUT2D eigenvalue weighted by Gasteiger charge is 2.13. The summed E-state index contributed by atoms with van der Waals surface area (Å²) in [4.78, 5) is 14.1. The minimum absolute atomic E-state index is 0.00289. The van der Waals surface area contributed by atoms with Crippen molar-refractivity contribution in [1.82, 2.24) is 10.2 Å². The maximum absolute atomic E-state index is 12.1. The molecule has 1 N–H and O–H groups in total. The van der Waals surface area contributed by atoms with Crippen LogP contribution in [0.15, 0.2) is 18.2 Å². The second-order valence-corrected chi connectivity index (χ2v) is 5.42. The molecule has 0 aromatic heterocycles. The first-order valence-corrected chi connectivity index (χ1v) is 7.75. The molecular weight excluding hydrogens is 296 g/mol. The fraction of sp³-hybridized carbons (Fsp3) is 0.588. The van der Waals surface area contributed by atoms with Crippen LogP contribution in [0, 0.1) is 0 Å². The molecule has 1 aromatic carbocycles. The van der Waals surface area contributed by atoms with Crippen LogP contribution in [0.5, 0.6) is 11.5 Å². The first kappa shape index (κ1) is 19.3. The molecule has 0 spiro atoms. The zero-order chi connectivity index (χ0) is 17.2. The Kier molecular flexibility index (Phi) is 8.43. The molecule has 1 amide bonds. The number of rotatable bonds is 10. The number of likely N-dealkylation sites (N-methyl/N-ethyl adjacent to an activating group) is 1. The number of ether oxygens (including phenoxy) is 3. The SMILES string of the molecule is CCN(CC(=O)NC(C)COC)Cc1ccc(OC)c(OC)c1. The molecule has 1 unspecified atom stereocenters. The first-order chi connectivity index (χ1) is 11.0. The molecule has 1 atom stereocenters. The van der Waals surface area contributed by atoms with Gasteiger partial charge in [-0.15, -0.1) is 0 Å². The van der Waals surface area contributed by atoms with E-state index in [1.807, 2.05) is 32.0 Å². The molecule has 0 heterocycles. The smallest absolute Gasteiger partial charge is 0.234 e. The average molecular weight is 324 g/mol. The van der Waals surface area contributed by atoms with E-state index in [0.29, 0.717) is 31.2 Å². The Balaban J connectivity index is 2.64. The number of nitrogens with one attached hydrogen (secondary N) is 1. The summed E-state index contributed by atoms with van der Waals surface area (Å²) in [5, 5.41) is 2.92. The molecule has 23 heavy (non-hydrogen) atoms. The summed E-state index contributed by atoms with van der Waals surface area (Å²) in [6, 6.07) is 5.80. The second-order valence-electron chi connectivity index (χ2n) is 5.42. The number of benzene rings is 1. The van der Waals surface area contributed by atoms with E-state index in [1.165, 1.54) is 0 Å². The van der Waals surface area contributed by atoms with E-state index in [4.69, 9.17) is 14.2 Å². The highest BCUT2D eigenvalue weighted by atomic mass is 16.5. The molecule has 0 radical (unpaired) electrons. The minimum Gasteiger partial charge on any atom is -0.493 e. The van der Waals surface area contributed by atoms with Gasteiger partial charge in [0.2, 0.25) is 5.91 Å². The molecule has 0 fully saturated rings. The summed E-state index contributed by atoms with van der Waals surface area (Å²) < 4.78 is 15.6. The quantitative estimate of drug-likeness (QED) is 0.709. The molecule has 0 aliphatic rings. The van der Waals surface area contributed by atoms with Crippen LogP contribution in [-0.2, 0) is 16.1 Å². The molecular formula is C17H28N2O4. The molecule has 0 aliphatic carbocycles. The number of nitrogens with zero attached hydrogens (tertiary/aromatic N) is 1. The lowest BCUT2D eigenvalue weighted by Gasteiger charge is -2.22. The highest BCUT2D eigenvalue weighted by Crippen LogP contribution is 2.27. The molecule has 0 saturated carbocycles. The fourth-order valence-corrected chi connectivity index (χ4v) is 2.33. The molecule has 0 aliphatic heterocycles. The van der Waals surface area contributed by atoms with Crippen molar-refractivity contribution in [3.8, 4) is 11.5 Å². The van der Waals surface area contributed by atoms with E-state index in [2.05, 4.69) is 10.2 Å². The Hall–Kier alpha value is -1.79. The zero-order valence-corrected chi connectivity index (χ0v) is 14.7. The third-order valence-corrected chi connectivity index (χ3v) is 3.49. The van der Waals surface area contributed by atoms with E-state index >= 15 is 0 Å². The van der Waals surface area contributed by atoms with E-state index in [-0.39, 0.29) is 11.9 Å². The van der Waals surface area contributed by atoms with Crippen LogP contribution in [-0.4, -0.2) is 57.9 Å². The molecule has 0 bridgehead atoms. The van der Waals surface area contributed by atoms with E-state index < -0.39 is 0 Å². The van der Waals surface area contributed by atoms with Crippen LogP contribution in [0.1, 0.15) is 19.4 Å². The summed E-state index contributed by atoms with van der Waals surface area (Å²) in [5.41, 5.74) is 1.07. The molecule has 0 saturated heterocycles. The first-order valence-electron chi connectivity index (χ1n) is 7.75. The number of carbonyl (C=O) groups is 1. The van der Waals surface area contributed by atoms with Crippen LogP contribution in [0.3, 0.4) is 0 Å². The van der Waals surface area contributed by atoms with Gasteiger partial charge in [0.05, 0.1) is 27.4 Å². The lowest BCUT2D eigenvalue weighted by molar-refractivity contribution is -0.123. The van der Waals surface area contributed by atoms with Crippen LogP contribution >= 0.6 is 0 Å². The fourth-order valence-electron chi connectivity index (χ4n) is 2.33. The number of carbonyl (C=O) groups excluding carboxylic acids is 1. The minimum atomic E-state index is -0.00289. The van der Waals surface area contributed by atoms with Gasteiger partial charge < -0.3 is 19.5 Å². The maximum atomic E-state index is 12.1. The van der Waals surface area contributed by atoms with Crippen molar-refractivity contribution < 1.29 is 19.0 Å². The molecule has 1 aromatic rings.